The highest BCUT2D eigenvalue weighted by molar-refractivity contribution is 7.25. The van der Waals surface area contributed by atoms with Crippen LogP contribution in [0.2, 0.25) is 0 Å². The monoisotopic (exact) mass is 503 g/mol. The number of benzene rings is 2. The van der Waals surface area contributed by atoms with E-state index in [-0.39, 0.29) is 23.4 Å². The first-order valence-electron chi connectivity index (χ1n) is 11.3. The molecule has 0 atom stereocenters. The smallest absolute Gasteiger partial charge is 0.341 e. The number of hydrogen-bond donors (Lipinski definition) is 1. The van der Waals surface area contributed by atoms with Gasteiger partial charge < -0.3 is 19.0 Å². The Morgan fingerprint density at radius 2 is 2.08 bits per heavy atom. The lowest BCUT2D eigenvalue weighted by Gasteiger charge is -2.15. The molecule has 182 valence electrons. The maximum atomic E-state index is 14.0. The van der Waals surface area contributed by atoms with E-state index in [1.165, 1.54) is 19.6 Å². The summed E-state index contributed by atoms with van der Waals surface area (Å²) in [5, 5.41) is 11.7. The van der Waals surface area contributed by atoms with Gasteiger partial charge in [-0.1, -0.05) is 6.07 Å². The standard InChI is InChI=1S/C26H21N3O6S/c1-33-14-5-6-16(19(9-14)13-3-4-13)23-28-24-20(25(31)29(23)11-15-10-27-12-35-15)17-7-8-18(26(32)34-2)21(30)22(17)36-24/h5-10,12-13,30H,3-4,11H2,1-2H3. The summed E-state index contributed by atoms with van der Waals surface area (Å²) in [5.74, 6) is 1.23. The molecule has 1 saturated carbocycles. The first-order valence-corrected chi connectivity index (χ1v) is 12.1. The van der Waals surface area contributed by atoms with Gasteiger partial charge in [-0.15, -0.1) is 11.3 Å². The number of rotatable bonds is 6. The second-order valence-electron chi connectivity index (χ2n) is 8.63. The Morgan fingerprint density at radius 3 is 2.78 bits per heavy atom. The van der Waals surface area contributed by atoms with Crippen molar-refractivity contribution in [2.45, 2.75) is 25.3 Å². The highest BCUT2D eigenvalue weighted by Crippen LogP contribution is 2.46. The average Bonchev–Trinajstić information content (AvgIpc) is 3.48. The molecule has 1 fully saturated rings. The minimum absolute atomic E-state index is 0.0324. The number of phenols is 1. The van der Waals surface area contributed by atoms with Crippen molar-refractivity contribution in [3.8, 4) is 22.9 Å². The Balaban J connectivity index is 1.66. The number of methoxy groups -OCH3 is 2. The summed E-state index contributed by atoms with van der Waals surface area (Å²) in [5.41, 5.74) is 1.67. The summed E-state index contributed by atoms with van der Waals surface area (Å²) < 4.78 is 17.7. The third kappa shape index (κ3) is 3.53. The lowest BCUT2D eigenvalue weighted by Crippen LogP contribution is -2.24. The minimum Gasteiger partial charge on any atom is -0.506 e. The van der Waals surface area contributed by atoms with Gasteiger partial charge in [0, 0.05) is 10.9 Å². The molecule has 0 spiro atoms. The van der Waals surface area contributed by atoms with Crippen LogP contribution in [0.4, 0.5) is 0 Å². The van der Waals surface area contributed by atoms with Gasteiger partial charge >= 0.3 is 5.97 Å². The van der Waals surface area contributed by atoms with Crippen molar-refractivity contribution < 1.29 is 23.8 Å². The van der Waals surface area contributed by atoms with E-state index in [9.17, 15) is 14.7 Å². The first-order chi connectivity index (χ1) is 17.5. The lowest BCUT2D eigenvalue weighted by atomic mass is 10.0. The van der Waals surface area contributed by atoms with Gasteiger partial charge in [-0.25, -0.2) is 14.8 Å². The number of nitrogens with zero attached hydrogens (tertiary/aromatic N) is 3. The average molecular weight is 504 g/mol. The molecule has 6 rings (SSSR count). The number of oxazole rings is 1. The van der Waals surface area contributed by atoms with E-state index in [0.717, 1.165) is 41.1 Å². The molecule has 36 heavy (non-hydrogen) atoms. The number of hydrogen-bond acceptors (Lipinski definition) is 9. The quantitative estimate of drug-likeness (QED) is 0.332. The maximum Gasteiger partial charge on any atom is 0.341 e. The van der Waals surface area contributed by atoms with E-state index in [1.54, 1.807) is 23.9 Å². The summed E-state index contributed by atoms with van der Waals surface area (Å²) >= 11 is 1.16. The van der Waals surface area contributed by atoms with E-state index in [4.69, 9.17) is 18.9 Å². The zero-order valence-corrected chi connectivity index (χ0v) is 20.3. The Hall–Kier alpha value is -4.18. The maximum absolute atomic E-state index is 14.0. The van der Waals surface area contributed by atoms with Crippen molar-refractivity contribution in [3.05, 3.63) is 70.2 Å². The van der Waals surface area contributed by atoms with Gasteiger partial charge in [-0.05, 0) is 48.6 Å². The zero-order valence-electron chi connectivity index (χ0n) is 19.5. The summed E-state index contributed by atoms with van der Waals surface area (Å²) in [6, 6.07) is 8.89. The molecule has 2 aromatic carbocycles. The van der Waals surface area contributed by atoms with E-state index in [0.29, 0.717) is 37.8 Å². The molecular formula is C26H21N3O6S. The van der Waals surface area contributed by atoms with E-state index >= 15 is 0 Å². The Bertz CT molecular complexity index is 1700. The Labute approximate surface area is 208 Å². The second kappa shape index (κ2) is 8.49. The molecule has 3 aromatic heterocycles. The van der Waals surface area contributed by atoms with E-state index in [1.807, 2.05) is 18.2 Å². The summed E-state index contributed by atoms with van der Waals surface area (Å²) in [4.78, 5) is 35.5. The highest BCUT2D eigenvalue weighted by Gasteiger charge is 2.29. The van der Waals surface area contributed by atoms with Crippen molar-refractivity contribution in [2.24, 2.45) is 0 Å². The van der Waals surface area contributed by atoms with Gasteiger partial charge in [0.25, 0.3) is 5.56 Å². The molecule has 1 aliphatic rings. The third-order valence-electron chi connectivity index (χ3n) is 6.46. The summed E-state index contributed by atoms with van der Waals surface area (Å²) in [6.45, 7) is 0.136. The fourth-order valence-electron chi connectivity index (χ4n) is 4.51. The van der Waals surface area contributed by atoms with Crippen LogP contribution in [-0.4, -0.2) is 39.8 Å². The van der Waals surface area contributed by atoms with Gasteiger partial charge in [0.15, 0.2) is 6.39 Å². The number of carbonyl (C=O) groups excluding carboxylic acids is 1. The van der Waals surface area contributed by atoms with Gasteiger partial charge in [0.1, 0.15) is 33.5 Å². The Morgan fingerprint density at radius 1 is 1.25 bits per heavy atom. The third-order valence-corrected chi connectivity index (χ3v) is 7.56. The fourth-order valence-corrected chi connectivity index (χ4v) is 5.63. The molecule has 0 radical (unpaired) electrons. The molecule has 0 saturated heterocycles. The normalized spacial score (nSPS) is 13.4. The van der Waals surface area contributed by atoms with Crippen LogP contribution in [0, 0.1) is 0 Å². The van der Waals surface area contributed by atoms with Crippen molar-refractivity contribution in [1.82, 2.24) is 14.5 Å². The van der Waals surface area contributed by atoms with E-state index in [2.05, 4.69) is 4.98 Å². The van der Waals surface area contributed by atoms with Crippen LogP contribution in [0.15, 0.2) is 52.1 Å². The van der Waals surface area contributed by atoms with Gasteiger partial charge in [0.05, 0.1) is 37.0 Å². The molecule has 5 aromatic rings. The molecule has 1 N–H and O–H groups in total. The van der Waals surface area contributed by atoms with Crippen molar-refractivity contribution in [1.29, 1.82) is 0 Å². The largest absolute Gasteiger partial charge is 0.506 e. The number of fused-ring (bicyclic) bond motifs is 3. The van der Waals surface area contributed by atoms with Crippen LogP contribution in [0.1, 0.15) is 40.4 Å². The zero-order chi connectivity index (χ0) is 25.0. The molecule has 0 unspecified atom stereocenters. The lowest BCUT2D eigenvalue weighted by molar-refractivity contribution is 0.0598. The van der Waals surface area contributed by atoms with Crippen LogP contribution < -0.4 is 10.3 Å². The highest BCUT2D eigenvalue weighted by atomic mass is 32.1. The molecule has 0 amide bonds. The molecule has 3 heterocycles. The molecule has 9 nitrogen and oxygen atoms in total. The van der Waals surface area contributed by atoms with Crippen LogP contribution in [-0.2, 0) is 11.3 Å². The second-order valence-corrected chi connectivity index (χ2v) is 9.63. The predicted molar refractivity (Wildman–Crippen MR) is 134 cm³/mol. The number of ether oxygens (including phenoxy) is 2. The van der Waals surface area contributed by atoms with Crippen molar-refractivity contribution >= 4 is 37.6 Å². The van der Waals surface area contributed by atoms with Crippen molar-refractivity contribution in [3.63, 3.8) is 0 Å². The summed E-state index contributed by atoms with van der Waals surface area (Å²) in [6.07, 6.45) is 5.00. The number of carbonyl (C=O) groups is 1. The topological polar surface area (TPSA) is 117 Å². The molecule has 0 bridgehead atoms. The van der Waals surface area contributed by atoms with Gasteiger partial charge in [-0.2, -0.15) is 0 Å². The minimum atomic E-state index is -0.657. The Kier molecular flexibility index (Phi) is 5.26. The van der Waals surface area contributed by atoms with Crippen LogP contribution in [0.3, 0.4) is 0 Å². The number of esters is 1. The number of thiophene rings is 1. The fraction of sp³-hybridized carbons (Fsp3) is 0.231. The van der Waals surface area contributed by atoms with Crippen LogP contribution in [0.5, 0.6) is 11.5 Å². The van der Waals surface area contributed by atoms with Crippen molar-refractivity contribution in [2.75, 3.05) is 14.2 Å². The molecule has 10 heteroatoms. The van der Waals surface area contributed by atoms with E-state index < -0.39 is 5.97 Å². The molecule has 1 aliphatic carbocycles. The SMILES string of the molecule is COC(=O)c1ccc2c(sc3nc(-c4ccc(OC)cc4C4CC4)n(Cc4cnco4)c(=O)c32)c1O. The van der Waals surface area contributed by atoms with Crippen LogP contribution in [0.25, 0.3) is 31.7 Å². The molecular weight excluding hydrogens is 482 g/mol. The first kappa shape index (κ1) is 22.3. The number of aromatic hydroxyl groups is 1. The van der Waals surface area contributed by atoms with Crippen LogP contribution >= 0.6 is 11.3 Å². The van der Waals surface area contributed by atoms with Gasteiger partial charge in [-0.3, -0.25) is 9.36 Å². The van der Waals surface area contributed by atoms with Gasteiger partial charge in [0.2, 0.25) is 0 Å². The number of phenolic OH excluding ortho intramolecular Hbond substituents is 1. The molecule has 0 aliphatic heterocycles. The predicted octanol–water partition coefficient (Wildman–Crippen LogP) is 4.69. The number of aromatic nitrogens is 3. The summed E-state index contributed by atoms with van der Waals surface area (Å²) in [7, 11) is 2.88.